The van der Waals surface area contributed by atoms with Crippen LogP contribution in [0.3, 0.4) is 0 Å². The molecule has 0 N–H and O–H groups in total. The summed E-state index contributed by atoms with van der Waals surface area (Å²) in [5.41, 5.74) is 0.907. The topological polar surface area (TPSA) is 9.23 Å². The van der Waals surface area contributed by atoms with Crippen LogP contribution in [0.5, 0.6) is 5.75 Å². The Kier molecular flexibility index (Phi) is 3.69. The zero-order valence-corrected chi connectivity index (χ0v) is 9.82. The van der Waals surface area contributed by atoms with Gasteiger partial charge in [0.05, 0.1) is 0 Å². The van der Waals surface area contributed by atoms with Crippen molar-refractivity contribution in [1.82, 2.24) is 0 Å². The molecule has 0 spiro atoms. The van der Waals surface area contributed by atoms with E-state index >= 15 is 0 Å². The quantitative estimate of drug-likeness (QED) is 0.741. The number of rotatable bonds is 3. The fourth-order valence-corrected chi connectivity index (χ4v) is 1.55. The van der Waals surface area contributed by atoms with Gasteiger partial charge in [0.2, 0.25) is 0 Å². The number of ether oxygens (including phenoxy) is 1. The molecule has 2 rings (SSSR count). The Morgan fingerprint density at radius 2 is 1.76 bits per heavy atom. The molecule has 0 aliphatic carbocycles. The Hall–Kier alpha value is -1.91. The maximum atomic E-state index is 5.82. The summed E-state index contributed by atoms with van der Waals surface area (Å²) in [5, 5.41) is 0.679. The minimum Gasteiger partial charge on any atom is -0.473 e. The van der Waals surface area contributed by atoms with E-state index in [1.165, 1.54) is 0 Å². The zero-order chi connectivity index (χ0) is 12.1. The highest BCUT2D eigenvalue weighted by Gasteiger charge is 2.09. The van der Waals surface area contributed by atoms with E-state index in [0.29, 0.717) is 5.02 Å². The number of benzene rings is 2. The van der Waals surface area contributed by atoms with E-state index in [1.807, 2.05) is 24.3 Å². The average molecular weight is 242 g/mol. The summed E-state index contributed by atoms with van der Waals surface area (Å²) in [4.78, 5) is 0. The van der Waals surface area contributed by atoms with Gasteiger partial charge in [0.25, 0.3) is 0 Å². The van der Waals surface area contributed by atoms with Crippen molar-refractivity contribution in [3.63, 3.8) is 0 Å². The largest absolute Gasteiger partial charge is 0.473 e. The first-order chi connectivity index (χ1) is 8.29. The molecule has 17 heavy (non-hydrogen) atoms. The van der Waals surface area contributed by atoms with Crippen molar-refractivity contribution in [2.24, 2.45) is 0 Å². The van der Waals surface area contributed by atoms with Gasteiger partial charge in [-0.05, 0) is 30.3 Å². The van der Waals surface area contributed by atoms with Gasteiger partial charge in [-0.1, -0.05) is 41.8 Å². The molecule has 0 heterocycles. The third kappa shape index (κ3) is 3.03. The lowest BCUT2D eigenvalue weighted by Gasteiger charge is -2.14. The Balaban J connectivity index is 2.18. The SMILES string of the molecule is C#CC(Oc1cc[c]cc1)c1ccc(Cl)cc1. The lowest BCUT2D eigenvalue weighted by atomic mass is 10.1. The van der Waals surface area contributed by atoms with E-state index in [9.17, 15) is 0 Å². The number of hydrogen-bond acceptors (Lipinski definition) is 1. The van der Waals surface area contributed by atoms with E-state index in [2.05, 4.69) is 12.0 Å². The van der Waals surface area contributed by atoms with Gasteiger partial charge in [-0.25, -0.2) is 0 Å². The van der Waals surface area contributed by atoms with E-state index in [1.54, 1.807) is 24.3 Å². The molecule has 83 valence electrons. The van der Waals surface area contributed by atoms with Gasteiger partial charge >= 0.3 is 0 Å². The fourth-order valence-electron chi connectivity index (χ4n) is 1.42. The molecule has 0 aliphatic rings. The Bertz CT molecular complexity index is 511. The lowest BCUT2D eigenvalue weighted by Crippen LogP contribution is -2.04. The van der Waals surface area contributed by atoms with Crippen LogP contribution in [0.25, 0.3) is 0 Å². The van der Waals surface area contributed by atoms with Gasteiger partial charge in [-0.2, -0.15) is 0 Å². The Morgan fingerprint density at radius 1 is 1.12 bits per heavy atom. The first-order valence-electron chi connectivity index (χ1n) is 5.14. The molecule has 0 amide bonds. The van der Waals surface area contributed by atoms with Crippen molar-refractivity contribution >= 4 is 11.6 Å². The van der Waals surface area contributed by atoms with Crippen LogP contribution in [-0.4, -0.2) is 0 Å². The van der Waals surface area contributed by atoms with Crippen LogP contribution in [-0.2, 0) is 0 Å². The van der Waals surface area contributed by atoms with Crippen molar-refractivity contribution in [2.45, 2.75) is 6.10 Å². The highest BCUT2D eigenvalue weighted by atomic mass is 35.5. The van der Waals surface area contributed by atoms with Gasteiger partial charge < -0.3 is 4.74 Å². The van der Waals surface area contributed by atoms with Gasteiger partial charge in [0.1, 0.15) is 5.75 Å². The summed E-state index contributed by atoms with van der Waals surface area (Å²) in [7, 11) is 0. The zero-order valence-electron chi connectivity index (χ0n) is 9.06. The molecule has 1 atom stereocenters. The second kappa shape index (κ2) is 5.43. The normalized spacial score (nSPS) is 11.5. The maximum absolute atomic E-state index is 5.82. The van der Waals surface area contributed by atoms with Crippen molar-refractivity contribution in [3.8, 4) is 18.1 Å². The fraction of sp³-hybridized carbons (Fsp3) is 0.0667. The second-order valence-electron chi connectivity index (χ2n) is 3.45. The molecule has 1 nitrogen and oxygen atoms in total. The van der Waals surface area contributed by atoms with E-state index < -0.39 is 6.10 Å². The Labute approximate surface area is 106 Å². The van der Waals surface area contributed by atoms with Crippen LogP contribution in [0.1, 0.15) is 11.7 Å². The number of hydrogen-bond donors (Lipinski definition) is 0. The van der Waals surface area contributed by atoms with Crippen LogP contribution < -0.4 is 4.74 Å². The first-order valence-corrected chi connectivity index (χ1v) is 5.52. The molecule has 0 aliphatic heterocycles. The predicted molar refractivity (Wildman–Crippen MR) is 68.9 cm³/mol. The molecule has 0 aromatic heterocycles. The van der Waals surface area contributed by atoms with Crippen molar-refractivity contribution in [1.29, 1.82) is 0 Å². The molecule has 2 aromatic carbocycles. The monoisotopic (exact) mass is 241 g/mol. The minimum atomic E-state index is -0.408. The van der Waals surface area contributed by atoms with Crippen molar-refractivity contribution < 1.29 is 4.74 Å². The predicted octanol–water partition coefficient (Wildman–Crippen LogP) is 3.89. The molecule has 1 unspecified atom stereocenters. The van der Waals surface area contributed by atoms with Gasteiger partial charge in [0.15, 0.2) is 6.10 Å². The highest BCUT2D eigenvalue weighted by molar-refractivity contribution is 6.30. The van der Waals surface area contributed by atoms with Crippen molar-refractivity contribution in [3.05, 3.63) is 65.2 Å². The Morgan fingerprint density at radius 3 is 2.35 bits per heavy atom. The molecular formula is C15H10ClO. The highest BCUT2D eigenvalue weighted by Crippen LogP contribution is 2.22. The summed E-state index contributed by atoms with van der Waals surface area (Å²) < 4.78 is 5.69. The van der Waals surface area contributed by atoms with Crippen LogP contribution in [0, 0.1) is 18.4 Å². The standard InChI is InChI=1S/C15H10ClO/c1-2-15(12-8-10-13(16)11-9-12)17-14-6-4-3-5-7-14/h1,4-11,15H. The van der Waals surface area contributed by atoms with E-state index in [4.69, 9.17) is 22.8 Å². The van der Waals surface area contributed by atoms with Crippen LogP contribution in [0.2, 0.25) is 5.02 Å². The second-order valence-corrected chi connectivity index (χ2v) is 3.89. The van der Waals surface area contributed by atoms with Crippen molar-refractivity contribution in [2.75, 3.05) is 0 Å². The number of halogens is 1. The molecule has 0 fully saturated rings. The molecule has 0 bridgehead atoms. The number of terminal acetylenes is 1. The summed E-state index contributed by atoms with van der Waals surface area (Å²) in [5.74, 6) is 3.33. The third-order valence-electron chi connectivity index (χ3n) is 2.27. The third-order valence-corrected chi connectivity index (χ3v) is 2.52. The van der Waals surface area contributed by atoms with Crippen LogP contribution >= 0.6 is 11.6 Å². The first kappa shape index (κ1) is 11.6. The summed E-state index contributed by atoms with van der Waals surface area (Å²) >= 11 is 5.82. The smallest absolute Gasteiger partial charge is 0.184 e. The average Bonchev–Trinajstić information content (AvgIpc) is 2.38. The van der Waals surface area contributed by atoms with Gasteiger partial charge in [-0.3, -0.25) is 0 Å². The molecule has 0 saturated carbocycles. The van der Waals surface area contributed by atoms with Crippen LogP contribution in [0.4, 0.5) is 0 Å². The lowest BCUT2D eigenvalue weighted by molar-refractivity contribution is 0.265. The minimum absolute atomic E-state index is 0.408. The molecular weight excluding hydrogens is 232 g/mol. The van der Waals surface area contributed by atoms with Gasteiger partial charge in [0, 0.05) is 10.6 Å². The summed E-state index contributed by atoms with van der Waals surface area (Å²) in [6.45, 7) is 0. The van der Waals surface area contributed by atoms with Gasteiger partial charge in [-0.15, -0.1) is 6.42 Å². The van der Waals surface area contributed by atoms with E-state index in [-0.39, 0.29) is 0 Å². The van der Waals surface area contributed by atoms with E-state index in [0.717, 1.165) is 11.3 Å². The molecule has 0 saturated heterocycles. The molecule has 2 aromatic rings. The molecule has 1 radical (unpaired) electrons. The summed E-state index contributed by atoms with van der Waals surface area (Å²) in [6.07, 6.45) is 5.07. The maximum Gasteiger partial charge on any atom is 0.184 e. The molecule has 2 heteroatoms. The summed E-state index contributed by atoms with van der Waals surface area (Å²) in [6, 6.07) is 17.4. The van der Waals surface area contributed by atoms with Crippen LogP contribution in [0.15, 0.2) is 48.5 Å².